The lowest BCUT2D eigenvalue weighted by Gasteiger charge is -2.06. The fourth-order valence-corrected chi connectivity index (χ4v) is 1.79. The molecule has 0 aliphatic rings. The third kappa shape index (κ3) is 2.83. The summed E-state index contributed by atoms with van der Waals surface area (Å²) in [6.07, 6.45) is 1.13. The highest BCUT2D eigenvalue weighted by Crippen LogP contribution is 2.13. The summed E-state index contributed by atoms with van der Waals surface area (Å²) >= 11 is 0. The zero-order valence-corrected chi connectivity index (χ0v) is 10.5. The van der Waals surface area contributed by atoms with Gasteiger partial charge in [0.1, 0.15) is 11.6 Å². The number of aromatic nitrogens is 1. The second-order valence-electron chi connectivity index (χ2n) is 4.10. The Bertz CT molecular complexity index is 766. The lowest BCUT2D eigenvalue weighted by atomic mass is 10.1. The van der Waals surface area contributed by atoms with E-state index in [0.717, 1.165) is 35.0 Å². The summed E-state index contributed by atoms with van der Waals surface area (Å²) in [5.41, 5.74) is -2.53. The number of carbonyl (C=O) groups is 1. The van der Waals surface area contributed by atoms with Crippen LogP contribution < -0.4 is 5.56 Å². The zero-order chi connectivity index (χ0) is 15.6. The van der Waals surface area contributed by atoms with Gasteiger partial charge in [0, 0.05) is 12.3 Å². The second kappa shape index (κ2) is 5.61. The number of benzene rings is 1. The van der Waals surface area contributed by atoms with E-state index in [1.807, 2.05) is 0 Å². The molecular formula is C13H8F2N2O4. The normalized spacial score (nSPS) is 10.4. The molecule has 0 radical (unpaired) electrons. The van der Waals surface area contributed by atoms with Gasteiger partial charge < -0.3 is 4.57 Å². The first-order valence-electron chi connectivity index (χ1n) is 5.73. The predicted molar refractivity (Wildman–Crippen MR) is 68.0 cm³/mol. The largest absolute Gasteiger partial charge is 0.334 e. The van der Waals surface area contributed by atoms with Crippen molar-refractivity contribution in [3.05, 3.63) is 74.2 Å². The van der Waals surface area contributed by atoms with E-state index in [1.165, 1.54) is 6.07 Å². The molecule has 21 heavy (non-hydrogen) atoms. The molecule has 1 heterocycles. The van der Waals surface area contributed by atoms with Gasteiger partial charge >= 0.3 is 11.2 Å². The van der Waals surface area contributed by atoms with Crippen LogP contribution in [0.4, 0.5) is 14.5 Å². The highest BCUT2D eigenvalue weighted by molar-refractivity contribution is 5.96. The molecule has 0 fully saturated rings. The van der Waals surface area contributed by atoms with Crippen molar-refractivity contribution in [1.29, 1.82) is 0 Å². The molecule has 0 saturated heterocycles. The van der Waals surface area contributed by atoms with E-state index in [2.05, 4.69) is 0 Å². The number of hydrogen-bond donors (Lipinski definition) is 0. The molecule has 0 saturated carbocycles. The van der Waals surface area contributed by atoms with Crippen LogP contribution >= 0.6 is 0 Å². The summed E-state index contributed by atoms with van der Waals surface area (Å²) in [6.45, 7) is -0.696. The summed E-state index contributed by atoms with van der Waals surface area (Å²) in [5, 5.41) is 10.6. The van der Waals surface area contributed by atoms with Crippen molar-refractivity contribution in [3.8, 4) is 0 Å². The average Bonchev–Trinajstić information content (AvgIpc) is 2.40. The minimum absolute atomic E-state index is 0.696. The molecule has 2 aromatic rings. The van der Waals surface area contributed by atoms with Crippen molar-refractivity contribution < 1.29 is 18.5 Å². The minimum Gasteiger partial charge on any atom is -0.302 e. The zero-order valence-electron chi connectivity index (χ0n) is 10.5. The number of nitrogens with zero attached hydrogens (tertiary/aromatic N) is 2. The lowest BCUT2D eigenvalue weighted by Crippen LogP contribution is -2.26. The van der Waals surface area contributed by atoms with Crippen molar-refractivity contribution in [2.75, 3.05) is 0 Å². The Morgan fingerprint density at radius 1 is 1.19 bits per heavy atom. The molecule has 0 bridgehead atoms. The van der Waals surface area contributed by atoms with Crippen LogP contribution in [0.15, 0.2) is 41.3 Å². The molecule has 0 spiro atoms. The van der Waals surface area contributed by atoms with Crippen LogP contribution in [-0.2, 0) is 6.54 Å². The van der Waals surface area contributed by atoms with E-state index in [9.17, 15) is 28.5 Å². The van der Waals surface area contributed by atoms with Crippen molar-refractivity contribution in [2.45, 2.75) is 6.54 Å². The Hall–Kier alpha value is -2.90. The van der Waals surface area contributed by atoms with Gasteiger partial charge in [-0.2, -0.15) is 0 Å². The van der Waals surface area contributed by atoms with E-state index >= 15 is 0 Å². The number of pyridine rings is 1. The van der Waals surface area contributed by atoms with Crippen molar-refractivity contribution in [3.63, 3.8) is 0 Å². The van der Waals surface area contributed by atoms with Gasteiger partial charge in [-0.05, 0) is 18.2 Å². The van der Waals surface area contributed by atoms with E-state index in [-0.39, 0.29) is 0 Å². The molecule has 0 unspecified atom stereocenters. The quantitative estimate of drug-likeness (QED) is 0.490. The number of carbonyl (C=O) groups excluding carboxylic acids is 1. The monoisotopic (exact) mass is 294 g/mol. The molecule has 0 N–H and O–H groups in total. The molecule has 2 rings (SSSR count). The highest BCUT2D eigenvalue weighted by Gasteiger charge is 2.20. The second-order valence-corrected chi connectivity index (χ2v) is 4.10. The molecule has 1 aromatic carbocycles. The number of hydrogen-bond acceptors (Lipinski definition) is 4. The standard InChI is InChI=1S/C13H8F2N2O4/c14-8-3-1-4-9(15)12(8)11(18)7-16-6-2-5-10(13(16)19)17(20)21/h1-6H,7H2. The molecule has 0 atom stereocenters. The van der Waals surface area contributed by atoms with Crippen LogP contribution in [0.1, 0.15) is 10.4 Å². The highest BCUT2D eigenvalue weighted by atomic mass is 19.1. The summed E-state index contributed by atoms with van der Waals surface area (Å²) in [5.74, 6) is -3.11. The van der Waals surface area contributed by atoms with Crippen LogP contribution in [0.2, 0.25) is 0 Å². The number of halogens is 2. The first-order chi connectivity index (χ1) is 9.91. The molecule has 6 nitrogen and oxygen atoms in total. The molecule has 0 aliphatic carbocycles. The van der Waals surface area contributed by atoms with E-state index in [1.54, 1.807) is 0 Å². The molecule has 8 heteroatoms. The molecule has 0 aliphatic heterocycles. The van der Waals surface area contributed by atoms with Crippen LogP contribution in [0.5, 0.6) is 0 Å². The van der Waals surface area contributed by atoms with Crippen LogP contribution in [0.3, 0.4) is 0 Å². The number of Topliss-reactive ketones (excluding diaryl/α,β-unsaturated/α-hetero) is 1. The number of ketones is 1. The van der Waals surface area contributed by atoms with Gasteiger partial charge in [-0.25, -0.2) is 8.78 Å². The number of nitro groups is 1. The first-order valence-corrected chi connectivity index (χ1v) is 5.73. The van der Waals surface area contributed by atoms with Crippen LogP contribution in [0, 0.1) is 21.7 Å². The third-order valence-electron chi connectivity index (χ3n) is 2.75. The number of rotatable bonds is 4. The van der Waals surface area contributed by atoms with Gasteiger partial charge in [-0.3, -0.25) is 19.7 Å². The van der Waals surface area contributed by atoms with Gasteiger partial charge in [-0.15, -0.1) is 0 Å². The van der Waals surface area contributed by atoms with Crippen molar-refractivity contribution in [2.24, 2.45) is 0 Å². The molecule has 1 aromatic heterocycles. The minimum atomic E-state index is -1.06. The fraction of sp³-hybridized carbons (Fsp3) is 0.0769. The molecule has 0 amide bonds. The summed E-state index contributed by atoms with van der Waals surface area (Å²) in [4.78, 5) is 33.3. The van der Waals surface area contributed by atoms with Crippen molar-refractivity contribution >= 4 is 11.5 Å². The summed E-state index contributed by atoms with van der Waals surface area (Å²) in [6, 6.07) is 5.09. The van der Waals surface area contributed by atoms with Crippen LogP contribution in [0.25, 0.3) is 0 Å². The van der Waals surface area contributed by atoms with Gasteiger partial charge in [0.05, 0.1) is 17.0 Å². The summed E-state index contributed by atoms with van der Waals surface area (Å²) in [7, 11) is 0. The Balaban J connectivity index is 2.39. The van der Waals surface area contributed by atoms with Gasteiger partial charge in [-0.1, -0.05) is 6.07 Å². The average molecular weight is 294 g/mol. The molecule has 108 valence electrons. The maximum absolute atomic E-state index is 13.5. The van der Waals surface area contributed by atoms with E-state index in [0.29, 0.717) is 0 Å². The van der Waals surface area contributed by atoms with E-state index < -0.39 is 45.7 Å². The third-order valence-corrected chi connectivity index (χ3v) is 2.75. The van der Waals surface area contributed by atoms with Gasteiger partial charge in [0.25, 0.3) is 0 Å². The van der Waals surface area contributed by atoms with Gasteiger partial charge in [0.2, 0.25) is 0 Å². The molecular weight excluding hydrogens is 286 g/mol. The Kier molecular flexibility index (Phi) is 3.88. The predicted octanol–water partition coefficient (Wildman–Crippen LogP) is 1.92. The summed E-state index contributed by atoms with van der Waals surface area (Å²) < 4.78 is 27.6. The Morgan fingerprint density at radius 3 is 2.38 bits per heavy atom. The SMILES string of the molecule is O=C(Cn1cccc([N+](=O)[O-])c1=O)c1c(F)cccc1F. The Morgan fingerprint density at radius 2 is 1.81 bits per heavy atom. The lowest BCUT2D eigenvalue weighted by molar-refractivity contribution is -0.386. The maximum atomic E-state index is 13.5. The van der Waals surface area contributed by atoms with Crippen molar-refractivity contribution in [1.82, 2.24) is 4.57 Å². The topological polar surface area (TPSA) is 82.2 Å². The van der Waals surface area contributed by atoms with Gasteiger partial charge in [0.15, 0.2) is 5.78 Å². The Labute approximate surface area is 116 Å². The van der Waals surface area contributed by atoms with E-state index in [4.69, 9.17) is 0 Å². The smallest absolute Gasteiger partial charge is 0.302 e. The van der Waals surface area contributed by atoms with Crippen LogP contribution in [-0.4, -0.2) is 15.3 Å². The maximum Gasteiger partial charge on any atom is 0.334 e. The fourth-order valence-electron chi connectivity index (χ4n) is 1.79. The first kappa shape index (κ1) is 14.5.